The molecule has 0 radical (unpaired) electrons. The van der Waals surface area contributed by atoms with E-state index in [4.69, 9.17) is 4.74 Å². The molecule has 1 heterocycles. The highest BCUT2D eigenvalue weighted by Gasteiger charge is 2.19. The lowest BCUT2D eigenvalue weighted by atomic mass is 10.1. The summed E-state index contributed by atoms with van der Waals surface area (Å²) in [5.74, 6) is -1.55. The van der Waals surface area contributed by atoms with Crippen molar-refractivity contribution in [3.63, 3.8) is 0 Å². The fourth-order valence-electron chi connectivity index (χ4n) is 3.07. The number of hydrogen-bond donors (Lipinski definition) is 0. The van der Waals surface area contributed by atoms with Gasteiger partial charge in [-0.1, -0.05) is 36.4 Å². The van der Waals surface area contributed by atoms with Gasteiger partial charge in [-0.3, -0.25) is 0 Å². The Morgan fingerprint density at radius 3 is 2.38 bits per heavy atom. The first kappa shape index (κ1) is 17.1. The highest BCUT2D eigenvalue weighted by molar-refractivity contribution is 5.18. The second-order valence-electron chi connectivity index (χ2n) is 6.34. The summed E-state index contributed by atoms with van der Waals surface area (Å²) in [6.45, 7) is 3.52. The number of likely N-dealkylation sites (tertiary alicyclic amines) is 1. The number of halogens is 2. The molecule has 1 aliphatic heterocycles. The largest absolute Gasteiger partial charge is 0.373 e. The maximum atomic E-state index is 13.2. The van der Waals surface area contributed by atoms with Crippen LogP contribution in [0.3, 0.4) is 0 Å². The van der Waals surface area contributed by atoms with E-state index in [-0.39, 0.29) is 0 Å². The molecule has 128 valence electrons. The summed E-state index contributed by atoms with van der Waals surface area (Å²) in [6.07, 6.45) is 3.09. The third-order valence-electron chi connectivity index (χ3n) is 4.56. The molecule has 1 aliphatic rings. The summed E-state index contributed by atoms with van der Waals surface area (Å²) in [5, 5.41) is 0. The molecule has 2 nitrogen and oxygen atoms in total. The highest BCUT2D eigenvalue weighted by atomic mass is 19.2. The molecule has 0 aromatic heterocycles. The van der Waals surface area contributed by atoms with Gasteiger partial charge in [0.15, 0.2) is 11.6 Å². The van der Waals surface area contributed by atoms with Gasteiger partial charge < -0.3 is 9.64 Å². The van der Waals surface area contributed by atoms with E-state index < -0.39 is 11.6 Å². The van der Waals surface area contributed by atoms with Gasteiger partial charge in [-0.15, -0.1) is 0 Å². The minimum absolute atomic E-state index is 0.310. The third kappa shape index (κ3) is 4.86. The molecule has 2 aromatic rings. The van der Waals surface area contributed by atoms with E-state index in [0.717, 1.165) is 44.5 Å². The zero-order valence-electron chi connectivity index (χ0n) is 13.8. The maximum absolute atomic E-state index is 13.2. The first-order valence-electron chi connectivity index (χ1n) is 8.52. The van der Waals surface area contributed by atoms with Crippen LogP contribution in [-0.2, 0) is 17.8 Å². The van der Waals surface area contributed by atoms with Crippen molar-refractivity contribution in [3.05, 3.63) is 71.3 Å². The van der Waals surface area contributed by atoms with Crippen LogP contribution >= 0.6 is 0 Å². The molecule has 1 fully saturated rings. The predicted octanol–water partition coefficient (Wildman–Crippen LogP) is 4.19. The lowest BCUT2D eigenvalue weighted by molar-refractivity contribution is -0.00219. The summed E-state index contributed by atoms with van der Waals surface area (Å²) in [4.78, 5) is 2.36. The van der Waals surface area contributed by atoms with E-state index in [1.165, 1.54) is 17.7 Å². The van der Waals surface area contributed by atoms with Crippen LogP contribution in [0.2, 0.25) is 0 Å². The molecule has 0 bridgehead atoms. The van der Waals surface area contributed by atoms with Gasteiger partial charge >= 0.3 is 0 Å². The first-order valence-corrected chi connectivity index (χ1v) is 8.52. The summed E-state index contributed by atoms with van der Waals surface area (Å²) < 4.78 is 32.1. The molecule has 0 saturated carbocycles. The van der Waals surface area contributed by atoms with E-state index in [1.807, 2.05) is 18.2 Å². The quantitative estimate of drug-likeness (QED) is 0.787. The van der Waals surface area contributed by atoms with E-state index >= 15 is 0 Å². The number of benzene rings is 2. The summed E-state index contributed by atoms with van der Waals surface area (Å²) in [6, 6.07) is 14.4. The van der Waals surface area contributed by atoms with Crippen molar-refractivity contribution in [1.82, 2.24) is 4.90 Å². The van der Waals surface area contributed by atoms with Crippen molar-refractivity contribution in [2.45, 2.75) is 32.0 Å². The normalized spacial score (nSPS) is 16.4. The molecule has 2 aromatic carbocycles. The number of hydrogen-bond acceptors (Lipinski definition) is 2. The Morgan fingerprint density at radius 2 is 1.67 bits per heavy atom. The smallest absolute Gasteiger partial charge is 0.159 e. The van der Waals surface area contributed by atoms with Gasteiger partial charge in [0.2, 0.25) is 0 Å². The summed E-state index contributed by atoms with van der Waals surface area (Å²) in [5.41, 5.74) is 2.05. The zero-order valence-corrected chi connectivity index (χ0v) is 13.8. The monoisotopic (exact) mass is 331 g/mol. The molecule has 0 amide bonds. The molecular weight excluding hydrogens is 308 g/mol. The number of piperidine rings is 1. The van der Waals surface area contributed by atoms with E-state index in [9.17, 15) is 8.78 Å². The average molecular weight is 331 g/mol. The third-order valence-corrected chi connectivity index (χ3v) is 4.56. The fourth-order valence-corrected chi connectivity index (χ4v) is 3.07. The van der Waals surface area contributed by atoms with Gasteiger partial charge in [-0.2, -0.15) is 0 Å². The second-order valence-corrected chi connectivity index (χ2v) is 6.34. The van der Waals surface area contributed by atoms with Gasteiger partial charge in [0.05, 0.1) is 12.7 Å². The molecule has 1 saturated heterocycles. The van der Waals surface area contributed by atoms with Gasteiger partial charge in [0.25, 0.3) is 0 Å². The van der Waals surface area contributed by atoms with Gasteiger partial charge in [0.1, 0.15) is 0 Å². The van der Waals surface area contributed by atoms with Crippen molar-refractivity contribution in [3.8, 4) is 0 Å². The number of nitrogens with zero attached hydrogens (tertiary/aromatic N) is 1. The Balaban J connectivity index is 1.38. The van der Waals surface area contributed by atoms with Gasteiger partial charge in [-0.25, -0.2) is 8.78 Å². The Bertz CT molecular complexity index is 639. The Hall–Kier alpha value is -1.78. The van der Waals surface area contributed by atoms with Crippen LogP contribution in [0.25, 0.3) is 0 Å². The van der Waals surface area contributed by atoms with Crippen molar-refractivity contribution in [2.75, 3.05) is 19.6 Å². The van der Waals surface area contributed by atoms with Crippen LogP contribution in [0.4, 0.5) is 8.78 Å². The predicted molar refractivity (Wildman–Crippen MR) is 90.8 cm³/mol. The van der Waals surface area contributed by atoms with Gasteiger partial charge in [-0.05, 0) is 42.5 Å². The second kappa shape index (κ2) is 8.36. The van der Waals surface area contributed by atoms with Crippen LogP contribution in [0.5, 0.6) is 0 Å². The van der Waals surface area contributed by atoms with E-state index in [1.54, 1.807) is 6.07 Å². The molecule has 0 aliphatic carbocycles. The topological polar surface area (TPSA) is 12.5 Å². The molecule has 0 atom stereocenters. The Kier molecular flexibility index (Phi) is 5.94. The molecule has 0 N–H and O–H groups in total. The molecular formula is C20H23F2NO. The Labute approximate surface area is 142 Å². The molecule has 3 rings (SSSR count). The lowest BCUT2D eigenvalue weighted by Gasteiger charge is -2.32. The standard InChI is InChI=1S/C20H23F2NO/c21-19-7-6-16(14-20(19)22)8-11-23-12-9-18(10-13-23)24-15-17-4-2-1-3-5-17/h1-7,14,18H,8-13,15H2. The maximum Gasteiger partial charge on any atom is 0.159 e. The van der Waals surface area contributed by atoms with Crippen molar-refractivity contribution >= 4 is 0 Å². The lowest BCUT2D eigenvalue weighted by Crippen LogP contribution is -2.38. The van der Waals surface area contributed by atoms with Crippen LogP contribution in [-0.4, -0.2) is 30.6 Å². The highest BCUT2D eigenvalue weighted by Crippen LogP contribution is 2.17. The molecule has 0 spiro atoms. The molecule has 4 heteroatoms. The summed E-state index contributed by atoms with van der Waals surface area (Å²) in [7, 11) is 0. The minimum Gasteiger partial charge on any atom is -0.373 e. The number of rotatable bonds is 6. The van der Waals surface area contributed by atoms with E-state index in [0.29, 0.717) is 12.7 Å². The SMILES string of the molecule is Fc1ccc(CCN2CCC(OCc3ccccc3)CC2)cc1F. The fraction of sp³-hybridized carbons (Fsp3) is 0.400. The van der Waals surface area contributed by atoms with Crippen molar-refractivity contribution in [2.24, 2.45) is 0 Å². The van der Waals surface area contributed by atoms with E-state index in [2.05, 4.69) is 17.0 Å². The summed E-state index contributed by atoms with van der Waals surface area (Å²) >= 11 is 0. The minimum atomic E-state index is -0.782. The Morgan fingerprint density at radius 1 is 0.917 bits per heavy atom. The first-order chi connectivity index (χ1) is 11.7. The average Bonchev–Trinajstić information content (AvgIpc) is 2.63. The van der Waals surface area contributed by atoms with Crippen LogP contribution in [0.15, 0.2) is 48.5 Å². The van der Waals surface area contributed by atoms with Crippen molar-refractivity contribution < 1.29 is 13.5 Å². The van der Waals surface area contributed by atoms with Gasteiger partial charge in [0, 0.05) is 19.6 Å². The zero-order chi connectivity index (χ0) is 16.8. The van der Waals surface area contributed by atoms with Crippen LogP contribution < -0.4 is 0 Å². The molecule has 24 heavy (non-hydrogen) atoms. The molecule has 0 unspecified atom stereocenters. The van der Waals surface area contributed by atoms with Crippen LogP contribution in [0.1, 0.15) is 24.0 Å². The van der Waals surface area contributed by atoms with Crippen molar-refractivity contribution in [1.29, 1.82) is 0 Å². The number of ether oxygens (including phenoxy) is 1. The van der Waals surface area contributed by atoms with Crippen LogP contribution in [0, 0.1) is 11.6 Å².